The third-order valence-corrected chi connectivity index (χ3v) is 3.16. The van der Waals surface area contributed by atoms with Gasteiger partial charge in [0.2, 0.25) is 5.88 Å². The van der Waals surface area contributed by atoms with Crippen LogP contribution in [-0.2, 0) is 4.74 Å². The van der Waals surface area contributed by atoms with Crippen LogP contribution in [0.2, 0.25) is 0 Å². The van der Waals surface area contributed by atoms with Crippen molar-refractivity contribution in [3.8, 4) is 5.88 Å². The van der Waals surface area contributed by atoms with Gasteiger partial charge in [-0.2, -0.15) is 4.98 Å². The molecule has 1 fully saturated rings. The summed E-state index contributed by atoms with van der Waals surface area (Å²) in [7, 11) is 1.73. The summed E-state index contributed by atoms with van der Waals surface area (Å²) in [6.45, 7) is 6.53. The molecule has 2 N–H and O–H groups in total. The number of nitrogen functional groups attached to an aromatic ring is 1. The van der Waals surface area contributed by atoms with Crippen molar-refractivity contribution in [3.05, 3.63) is 6.33 Å². The zero-order chi connectivity index (χ0) is 13.8. The van der Waals surface area contributed by atoms with E-state index in [1.54, 1.807) is 7.11 Å². The second-order valence-corrected chi connectivity index (χ2v) is 5.14. The maximum Gasteiger partial charge on any atom is 0.242 e. The molecule has 0 amide bonds. The Morgan fingerprint density at radius 3 is 2.95 bits per heavy atom. The lowest BCUT2D eigenvalue weighted by Crippen LogP contribution is -2.24. The fourth-order valence-electron chi connectivity index (χ4n) is 2.34. The van der Waals surface area contributed by atoms with Crippen LogP contribution in [0.1, 0.15) is 20.3 Å². The van der Waals surface area contributed by atoms with Crippen LogP contribution in [-0.4, -0.2) is 42.9 Å². The van der Waals surface area contributed by atoms with Crippen molar-refractivity contribution >= 4 is 11.5 Å². The van der Waals surface area contributed by atoms with E-state index in [2.05, 4.69) is 14.9 Å². The average molecular weight is 266 g/mol. The van der Waals surface area contributed by atoms with Crippen LogP contribution in [0.4, 0.5) is 11.5 Å². The molecule has 0 saturated carbocycles. The number of anilines is 2. The Hall–Kier alpha value is -1.56. The van der Waals surface area contributed by atoms with Crippen molar-refractivity contribution in [3.63, 3.8) is 0 Å². The molecule has 1 aromatic heterocycles. The third kappa shape index (κ3) is 3.26. The minimum absolute atomic E-state index is 0.0462. The molecule has 1 aromatic rings. The molecule has 1 saturated heterocycles. The van der Waals surface area contributed by atoms with Crippen LogP contribution in [0, 0.1) is 5.92 Å². The summed E-state index contributed by atoms with van der Waals surface area (Å²) in [4.78, 5) is 10.6. The summed E-state index contributed by atoms with van der Waals surface area (Å²) < 4.78 is 10.8. The van der Waals surface area contributed by atoms with E-state index in [1.807, 2.05) is 13.8 Å². The first kappa shape index (κ1) is 13.9. The molecule has 1 unspecified atom stereocenters. The summed E-state index contributed by atoms with van der Waals surface area (Å²) in [6.07, 6.45) is 2.65. The molecule has 19 heavy (non-hydrogen) atoms. The number of hydrogen-bond donors (Lipinski definition) is 1. The Kier molecular flexibility index (Phi) is 4.42. The smallest absolute Gasteiger partial charge is 0.242 e. The van der Waals surface area contributed by atoms with E-state index in [9.17, 15) is 0 Å². The second-order valence-electron chi connectivity index (χ2n) is 5.14. The van der Waals surface area contributed by atoms with Gasteiger partial charge >= 0.3 is 0 Å². The number of hydrogen-bond acceptors (Lipinski definition) is 6. The van der Waals surface area contributed by atoms with Crippen molar-refractivity contribution < 1.29 is 9.47 Å². The van der Waals surface area contributed by atoms with Crippen molar-refractivity contribution in [2.45, 2.75) is 26.4 Å². The number of ether oxygens (including phenoxy) is 2. The highest BCUT2D eigenvalue weighted by Crippen LogP contribution is 2.31. The summed E-state index contributed by atoms with van der Waals surface area (Å²) in [5.74, 6) is 1.77. The van der Waals surface area contributed by atoms with E-state index in [1.165, 1.54) is 6.33 Å². The molecule has 0 bridgehead atoms. The molecular weight excluding hydrogens is 244 g/mol. The first-order chi connectivity index (χ1) is 9.11. The summed E-state index contributed by atoms with van der Waals surface area (Å²) in [5, 5.41) is 0. The molecule has 0 spiro atoms. The standard InChI is InChI=1S/C13H22N4O2/c1-9(2)19-13-11(14)12(15-8-16-13)17-5-4-10(6-17)7-18-3/h8-10H,4-7,14H2,1-3H3. The molecule has 2 rings (SSSR count). The molecule has 0 radical (unpaired) electrons. The topological polar surface area (TPSA) is 73.5 Å². The Labute approximate surface area is 113 Å². The van der Waals surface area contributed by atoms with Crippen LogP contribution in [0.3, 0.4) is 0 Å². The van der Waals surface area contributed by atoms with Crippen molar-refractivity contribution in [1.82, 2.24) is 9.97 Å². The fraction of sp³-hybridized carbons (Fsp3) is 0.692. The molecule has 1 aliphatic heterocycles. The lowest BCUT2D eigenvalue weighted by atomic mass is 10.1. The predicted molar refractivity (Wildman–Crippen MR) is 74.4 cm³/mol. The summed E-state index contributed by atoms with van der Waals surface area (Å²) in [5.41, 5.74) is 6.63. The Morgan fingerprint density at radius 1 is 1.47 bits per heavy atom. The van der Waals surface area contributed by atoms with Gasteiger partial charge in [-0.25, -0.2) is 4.98 Å². The summed E-state index contributed by atoms with van der Waals surface area (Å²) >= 11 is 0. The number of rotatable bonds is 5. The highest BCUT2D eigenvalue weighted by molar-refractivity contribution is 5.68. The predicted octanol–water partition coefficient (Wildman–Crippen LogP) is 1.32. The van der Waals surface area contributed by atoms with Crippen LogP contribution in [0.25, 0.3) is 0 Å². The van der Waals surface area contributed by atoms with Crippen LogP contribution < -0.4 is 15.4 Å². The Bertz CT molecular complexity index is 425. The first-order valence-electron chi connectivity index (χ1n) is 6.62. The first-order valence-corrected chi connectivity index (χ1v) is 6.62. The molecule has 2 heterocycles. The van der Waals surface area contributed by atoms with Crippen LogP contribution in [0.5, 0.6) is 5.88 Å². The number of methoxy groups -OCH3 is 1. The van der Waals surface area contributed by atoms with Gasteiger partial charge in [-0.15, -0.1) is 0 Å². The summed E-state index contributed by atoms with van der Waals surface area (Å²) in [6, 6.07) is 0. The lowest BCUT2D eigenvalue weighted by molar-refractivity contribution is 0.161. The minimum atomic E-state index is 0.0462. The van der Waals surface area contributed by atoms with Crippen LogP contribution in [0.15, 0.2) is 6.33 Å². The van der Waals surface area contributed by atoms with E-state index >= 15 is 0 Å². The van der Waals surface area contributed by atoms with E-state index in [0.717, 1.165) is 31.9 Å². The molecule has 106 valence electrons. The highest BCUT2D eigenvalue weighted by Gasteiger charge is 2.26. The fourth-order valence-corrected chi connectivity index (χ4v) is 2.34. The van der Waals surface area contributed by atoms with Gasteiger partial charge in [0.15, 0.2) is 5.82 Å². The van der Waals surface area contributed by atoms with Gasteiger partial charge in [0, 0.05) is 26.1 Å². The molecule has 1 atom stereocenters. The molecule has 0 aliphatic carbocycles. The van der Waals surface area contributed by atoms with Crippen LogP contribution >= 0.6 is 0 Å². The lowest BCUT2D eigenvalue weighted by Gasteiger charge is -2.20. The monoisotopic (exact) mass is 266 g/mol. The molecule has 0 aromatic carbocycles. The van der Waals surface area contributed by atoms with Crippen molar-refractivity contribution in [1.29, 1.82) is 0 Å². The van der Waals surface area contributed by atoms with Crippen molar-refractivity contribution in [2.24, 2.45) is 5.92 Å². The Morgan fingerprint density at radius 2 is 2.26 bits per heavy atom. The zero-order valence-electron chi connectivity index (χ0n) is 11.8. The van der Waals surface area contributed by atoms with Gasteiger partial charge in [0.25, 0.3) is 0 Å². The largest absolute Gasteiger partial charge is 0.473 e. The van der Waals surface area contributed by atoms with Gasteiger partial charge in [0.1, 0.15) is 12.0 Å². The number of nitrogens with zero attached hydrogens (tertiary/aromatic N) is 3. The second kappa shape index (κ2) is 6.06. The average Bonchev–Trinajstić information content (AvgIpc) is 2.80. The normalized spacial score (nSPS) is 19.2. The maximum atomic E-state index is 6.11. The van der Waals surface area contributed by atoms with E-state index in [-0.39, 0.29) is 6.10 Å². The van der Waals surface area contributed by atoms with E-state index < -0.39 is 0 Å². The van der Waals surface area contributed by atoms with E-state index in [4.69, 9.17) is 15.2 Å². The number of nitrogens with two attached hydrogens (primary N) is 1. The minimum Gasteiger partial charge on any atom is -0.473 e. The SMILES string of the molecule is COCC1CCN(c2ncnc(OC(C)C)c2N)C1. The molecule has 1 aliphatic rings. The van der Waals surface area contributed by atoms with Crippen molar-refractivity contribution in [2.75, 3.05) is 37.4 Å². The van der Waals surface area contributed by atoms with E-state index in [0.29, 0.717) is 17.5 Å². The van der Waals surface area contributed by atoms with Gasteiger partial charge < -0.3 is 20.1 Å². The Balaban J connectivity index is 2.12. The maximum absolute atomic E-state index is 6.11. The molecule has 6 nitrogen and oxygen atoms in total. The third-order valence-electron chi connectivity index (χ3n) is 3.16. The number of aromatic nitrogens is 2. The zero-order valence-corrected chi connectivity index (χ0v) is 11.8. The highest BCUT2D eigenvalue weighted by atomic mass is 16.5. The molecular formula is C13H22N4O2. The quantitative estimate of drug-likeness (QED) is 0.866. The molecule has 6 heteroatoms. The van der Waals surface area contributed by atoms with Gasteiger partial charge in [-0.3, -0.25) is 0 Å². The van der Waals surface area contributed by atoms with Gasteiger partial charge in [0.05, 0.1) is 12.7 Å². The van der Waals surface area contributed by atoms with Gasteiger partial charge in [-0.1, -0.05) is 0 Å². The van der Waals surface area contributed by atoms with Gasteiger partial charge in [-0.05, 0) is 20.3 Å².